The van der Waals surface area contributed by atoms with Crippen LogP contribution >= 0.6 is 0 Å². The van der Waals surface area contributed by atoms with Gasteiger partial charge in [0.25, 0.3) is 10.0 Å². The lowest BCUT2D eigenvalue weighted by Crippen LogP contribution is -2.14. The monoisotopic (exact) mass is 383 g/mol. The fourth-order valence-electron chi connectivity index (χ4n) is 2.43. The lowest BCUT2D eigenvalue weighted by Gasteiger charge is -2.14. The van der Waals surface area contributed by atoms with Crippen LogP contribution in [-0.2, 0) is 10.0 Å². The number of benzene rings is 3. The molecule has 0 heterocycles. The summed E-state index contributed by atoms with van der Waals surface area (Å²) < 4.78 is 33.7. The van der Waals surface area contributed by atoms with E-state index in [4.69, 9.17) is 9.84 Å². The van der Waals surface area contributed by atoms with Crippen LogP contribution in [0.5, 0.6) is 11.5 Å². The van der Waals surface area contributed by atoms with Gasteiger partial charge in [0.05, 0.1) is 16.1 Å². The zero-order valence-corrected chi connectivity index (χ0v) is 15.2. The third-order valence-corrected chi connectivity index (χ3v) is 5.20. The van der Waals surface area contributed by atoms with Gasteiger partial charge in [-0.2, -0.15) is 0 Å². The minimum Gasteiger partial charge on any atom is -0.478 e. The second kappa shape index (κ2) is 7.51. The molecule has 7 heteroatoms. The van der Waals surface area contributed by atoms with Gasteiger partial charge in [-0.3, -0.25) is 4.72 Å². The Hall–Kier alpha value is -3.32. The highest BCUT2D eigenvalue weighted by Crippen LogP contribution is 2.32. The van der Waals surface area contributed by atoms with Crippen LogP contribution < -0.4 is 9.46 Å². The summed E-state index contributed by atoms with van der Waals surface area (Å²) >= 11 is 0. The Morgan fingerprint density at radius 2 is 1.59 bits per heavy atom. The maximum Gasteiger partial charge on any atom is 0.335 e. The first-order valence-corrected chi connectivity index (χ1v) is 9.54. The molecule has 0 saturated carbocycles. The van der Waals surface area contributed by atoms with Gasteiger partial charge in [0.1, 0.15) is 5.75 Å². The maximum atomic E-state index is 12.7. The van der Waals surface area contributed by atoms with Crippen molar-refractivity contribution in [1.29, 1.82) is 0 Å². The summed E-state index contributed by atoms with van der Waals surface area (Å²) in [7, 11) is -3.99. The molecule has 0 radical (unpaired) electrons. The molecule has 0 aliphatic rings. The van der Waals surface area contributed by atoms with Gasteiger partial charge in [0, 0.05) is 0 Å². The number of carboxylic acids is 1. The number of hydrogen-bond acceptors (Lipinski definition) is 4. The molecule has 138 valence electrons. The van der Waals surface area contributed by atoms with E-state index in [1.54, 1.807) is 30.3 Å². The van der Waals surface area contributed by atoms with Gasteiger partial charge in [-0.1, -0.05) is 36.4 Å². The van der Waals surface area contributed by atoms with Gasteiger partial charge in [-0.15, -0.1) is 0 Å². The van der Waals surface area contributed by atoms with Crippen molar-refractivity contribution < 1.29 is 23.1 Å². The molecule has 0 bridgehead atoms. The zero-order chi connectivity index (χ0) is 19.4. The number of ether oxygens (including phenoxy) is 1. The fourth-order valence-corrected chi connectivity index (χ4v) is 3.55. The number of aromatic carboxylic acids is 1. The van der Waals surface area contributed by atoms with E-state index >= 15 is 0 Å². The molecule has 0 unspecified atom stereocenters. The SMILES string of the molecule is Cc1ccccc1Oc1ccccc1NS(=O)(=O)c1cccc(C(=O)O)c1. The van der Waals surface area contributed by atoms with Crippen LogP contribution in [0, 0.1) is 6.92 Å². The van der Waals surface area contributed by atoms with Crippen molar-refractivity contribution in [1.82, 2.24) is 0 Å². The van der Waals surface area contributed by atoms with Crippen LogP contribution in [0.4, 0.5) is 5.69 Å². The molecule has 0 amide bonds. The molecule has 3 rings (SSSR count). The first kappa shape index (κ1) is 18.5. The van der Waals surface area contributed by atoms with Crippen molar-refractivity contribution in [2.75, 3.05) is 4.72 Å². The van der Waals surface area contributed by atoms with Crippen molar-refractivity contribution in [3.8, 4) is 11.5 Å². The molecule has 0 spiro atoms. The summed E-state index contributed by atoms with van der Waals surface area (Å²) in [5, 5.41) is 9.06. The van der Waals surface area contributed by atoms with Crippen molar-refractivity contribution >= 4 is 21.7 Å². The second-order valence-electron chi connectivity index (χ2n) is 5.80. The van der Waals surface area contributed by atoms with Gasteiger partial charge in [0.15, 0.2) is 5.75 Å². The van der Waals surface area contributed by atoms with Gasteiger partial charge < -0.3 is 9.84 Å². The number of nitrogens with one attached hydrogen (secondary N) is 1. The lowest BCUT2D eigenvalue weighted by molar-refractivity contribution is 0.0696. The van der Waals surface area contributed by atoms with Gasteiger partial charge in [-0.05, 0) is 48.9 Å². The molecule has 0 aromatic heterocycles. The largest absolute Gasteiger partial charge is 0.478 e. The number of para-hydroxylation sites is 3. The molecule has 0 aliphatic carbocycles. The summed E-state index contributed by atoms with van der Waals surface area (Å²) in [4.78, 5) is 10.9. The second-order valence-corrected chi connectivity index (χ2v) is 7.48. The van der Waals surface area contributed by atoms with Gasteiger partial charge in [-0.25, -0.2) is 13.2 Å². The molecule has 27 heavy (non-hydrogen) atoms. The van der Waals surface area contributed by atoms with Gasteiger partial charge >= 0.3 is 5.97 Å². The summed E-state index contributed by atoms with van der Waals surface area (Å²) in [5.41, 5.74) is 1.05. The summed E-state index contributed by atoms with van der Waals surface area (Å²) in [5.74, 6) is -0.253. The number of hydrogen-bond donors (Lipinski definition) is 2. The van der Waals surface area contributed by atoms with Crippen LogP contribution in [0.25, 0.3) is 0 Å². The first-order chi connectivity index (χ1) is 12.9. The van der Waals surface area contributed by atoms with Crippen LogP contribution in [0.1, 0.15) is 15.9 Å². The predicted octanol–water partition coefficient (Wildman–Crippen LogP) is 4.29. The number of sulfonamides is 1. The zero-order valence-electron chi connectivity index (χ0n) is 14.4. The highest BCUT2D eigenvalue weighted by Gasteiger charge is 2.18. The smallest absolute Gasteiger partial charge is 0.335 e. The molecule has 2 N–H and O–H groups in total. The Balaban J connectivity index is 1.93. The Morgan fingerprint density at radius 3 is 2.30 bits per heavy atom. The van der Waals surface area contributed by atoms with E-state index in [1.807, 2.05) is 25.1 Å². The molecule has 0 fully saturated rings. The molecule has 0 aliphatic heterocycles. The Bertz CT molecular complexity index is 1090. The Morgan fingerprint density at radius 1 is 0.926 bits per heavy atom. The summed E-state index contributed by atoms with van der Waals surface area (Å²) in [6, 6.07) is 19.2. The fraction of sp³-hybridized carbons (Fsp3) is 0.0500. The molecule has 3 aromatic carbocycles. The van der Waals surface area contributed by atoms with Crippen molar-refractivity contribution in [2.45, 2.75) is 11.8 Å². The number of anilines is 1. The minimum absolute atomic E-state index is 0.109. The molecular formula is C20H17NO5S. The average Bonchev–Trinajstić information content (AvgIpc) is 2.65. The van der Waals surface area contributed by atoms with Crippen molar-refractivity contribution in [3.63, 3.8) is 0 Å². The van der Waals surface area contributed by atoms with E-state index in [0.717, 1.165) is 11.6 Å². The molecular weight excluding hydrogens is 366 g/mol. The highest BCUT2D eigenvalue weighted by molar-refractivity contribution is 7.92. The topological polar surface area (TPSA) is 92.7 Å². The van der Waals surface area contributed by atoms with E-state index in [0.29, 0.717) is 11.5 Å². The normalized spacial score (nSPS) is 11.0. The standard InChI is InChI=1S/C20H17NO5S/c1-14-7-2-4-11-18(14)26-19-12-5-3-10-17(19)21-27(24,25)16-9-6-8-15(13-16)20(22)23/h2-13,21H,1H3,(H,22,23). The van der Waals surface area contributed by atoms with E-state index in [9.17, 15) is 13.2 Å². The third-order valence-electron chi connectivity index (χ3n) is 3.84. The van der Waals surface area contributed by atoms with Crippen LogP contribution in [-0.4, -0.2) is 19.5 Å². The van der Waals surface area contributed by atoms with E-state index in [-0.39, 0.29) is 16.1 Å². The molecule has 0 saturated heterocycles. The van der Waals surface area contributed by atoms with Crippen LogP contribution in [0.2, 0.25) is 0 Å². The maximum absolute atomic E-state index is 12.7. The van der Waals surface area contributed by atoms with E-state index < -0.39 is 16.0 Å². The number of carbonyl (C=O) groups is 1. The average molecular weight is 383 g/mol. The Kier molecular flexibility index (Phi) is 5.14. The Labute approximate surface area is 157 Å². The number of aryl methyl sites for hydroxylation is 1. The summed E-state index contributed by atoms with van der Waals surface area (Å²) in [6.45, 7) is 1.89. The van der Waals surface area contributed by atoms with E-state index in [2.05, 4.69) is 4.72 Å². The summed E-state index contributed by atoms with van der Waals surface area (Å²) in [6.07, 6.45) is 0. The van der Waals surface area contributed by atoms with E-state index in [1.165, 1.54) is 18.2 Å². The van der Waals surface area contributed by atoms with Crippen LogP contribution in [0.3, 0.4) is 0 Å². The number of carboxylic acid groups (broad SMARTS) is 1. The predicted molar refractivity (Wildman–Crippen MR) is 102 cm³/mol. The molecule has 6 nitrogen and oxygen atoms in total. The quantitative estimate of drug-likeness (QED) is 0.662. The highest BCUT2D eigenvalue weighted by atomic mass is 32.2. The first-order valence-electron chi connectivity index (χ1n) is 8.05. The van der Waals surface area contributed by atoms with Crippen molar-refractivity contribution in [2.24, 2.45) is 0 Å². The van der Waals surface area contributed by atoms with Crippen molar-refractivity contribution in [3.05, 3.63) is 83.9 Å². The molecule has 3 aromatic rings. The van der Waals surface area contributed by atoms with Crippen LogP contribution in [0.15, 0.2) is 77.7 Å². The van der Waals surface area contributed by atoms with Gasteiger partial charge in [0.2, 0.25) is 0 Å². The minimum atomic E-state index is -3.99. The lowest BCUT2D eigenvalue weighted by atomic mass is 10.2. The number of rotatable bonds is 6. The third kappa shape index (κ3) is 4.27. The molecule has 0 atom stereocenters.